The molecule has 2 fully saturated rings. The van der Waals surface area contributed by atoms with Crippen molar-refractivity contribution >= 4 is 28.3 Å². The first-order valence-electron chi connectivity index (χ1n) is 8.63. The molecule has 1 aromatic heterocycles. The van der Waals surface area contributed by atoms with E-state index in [0.717, 1.165) is 50.1 Å². The summed E-state index contributed by atoms with van der Waals surface area (Å²) in [5, 5.41) is 12.5. The number of nitrogens with one attached hydrogen (secondary N) is 1. The number of piperidine rings is 1. The Labute approximate surface area is 146 Å². The minimum Gasteiger partial charge on any atom is -0.330 e. The predicted octanol–water partition coefficient (Wildman–Crippen LogP) is 1.37. The number of likely N-dealkylation sites (N-methyl/N-ethyl adjacent to an activating group) is 1. The summed E-state index contributed by atoms with van der Waals surface area (Å²) in [5.74, 6) is 0.176. The highest BCUT2D eigenvalue weighted by Crippen LogP contribution is 2.33. The average Bonchev–Trinajstić information content (AvgIpc) is 3.33. The lowest BCUT2D eigenvalue weighted by Gasteiger charge is -2.34. The smallest absolute Gasteiger partial charge is 0.249 e. The van der Waals surface area contributed by atoms with E-state index in [0.29, 0.717) is 11.7 Å². The number of carbonyl (C=O) groups excluding carboxylic acids is 2. The van der Waals surface area contributed by atoms with Crippen LogP contribution >= 0.6 is 11.3 Å². The van der Waals surface area contributed by atoms with E-state index < -0.39 is 0 Å². The highest BCUT2D eigenvalue weighted by molar-refractivity contribution is 7.15. The van der Waals surface area contributed by atoms with Gasteiger partial charge in [0.25, 0.3) is 0 Å². The van der Waals surface area contributed by atoms with Gasteiger partial charge in [-0.2, -0.15) is 0 Å². The van der Waals surface area contributed by atoms with Crippen LogP contribution in [0.4, 0.5) is 5.13 Å². The molecule has 2 aliphatic rings. The zero-order chi connectivity index (χ0) is 17.1. The van der Waals surface area contributed by atoms with Crippen molar-refractivity contribution < 1.29 is 9.59 Å². The van der Waals surface area contributed by atoms with Gasteiger partial charge in [-0.15, -0.1) is 10.2 Å². The molecular weight excluding hydrogens is 326 g/mol. The Morgan fingerprint density at radius 3 is 2.75 bits per heavy atom. The van der Waals surface area contributed by atoms with E-state index >= 15 is 0 Å². The van der Waals surface area contributed by atoms with Crippen LogP contribution in [0.1, 0.15) is 37.1 Å². The molecule has 1 aliphatic heterocycles. The first-order valence-corrected chi connectivity index (χ1v) is 9.44. The lowest BCUT2D eigenvalue weighted by molar-refractivity contribution is -0.141. The third kappa shape index (κ3) is 4.30. The minimum atomic E-state index is -0.360. The highest BCUT2D eigenvalue weighted by Gasteiger charge is 2.39. The molecule has 1 saturated carbocycles. The van der Waals surface area contributed by atoms with Crippen LogP contribution in [0, 0.1) is 5.92 Å². The van der Waals surface area contributed by atoms with Crippen molar-refractivity contribution in [2.45, 2.75) is 44.6 Å². The first-order chi connectivity index (χ1) is 11.5. The normalized spacial score (nSPS) is 21.1. The Kier molecular flexibility index (Phi) is 5.45. The Morgan fingerprint density at radius 1 is 1.25 bits per heavy atom. The van der Waals surface area contributed by atoms with Gasteiger partial charge in [-0.25, -0.2) is 0 Å². The summed E-state index contributed by atoms with van der Waals surface area (Å²) in [6.45, 7) is 1.59. The highest BCUT2D eigenvalue weighted by atomic mass is 32.1. The molecule has 0 bridgehead atoms. The van der Waals surface area contributed by atoms with E-state index in [1.165, 1.54) is 11.3 Å². The molecular formula is C16H25N5O2S. The number of anilines is 1. The molecule has 3 rings (SSSR count). The summed E-state index contributed by atoms with van der Waals surface area (Å²) < 4.78 is 0. The maximum Gasteiger partial charge on any atom is 0.249 e. The second kappa shape index (κ2) is 7.57. The van der Waals surface area contributed by atoms with E-state index in [4.69, 9.17) is 0 Å². The SMILES string of the molecule is CN(C)CCc1nnc(NC(=O)C2CCCCN2C(=O)C2CC2)s1. The van der Waals surface area contributed by atoms with Crippen LogP contribution < -0.4 is 5.32 Å². The number of amides is 2. The standard InChI is InChI=1S/C16H25N5O2S/c1-20(2)10-8-13-18-19-16(24-13)17-14(22)12-5-3-4-9-21(12)15(23)11-6-7-11/h11-12H,3-10H2,1-2H3,(H,17,19,22). The van der Waals surface area contributed by atoms with Crippen molar-refractivity contribution in [3.63, 3.8) is 0 Å². The van der Waals surface area contributed by atoms with Crippen LogP contribution in [0.5, 0.6) is 0 Å². The van der Waals surface area contributed by atoms with Crippen LogP contribution in [0.15, 0.2) is 0 Å². The van der Waals surface area contributed by atoms with E-state index in [1.54, 1.807) is 4.90 Å². The summed E-state index contributed by atoms with van der Waals surface area (Å²) in [5.41, 5.74) is 0. The topological polar surface area (TPSA) is 78.4 Å². The van der Waals surface area contributed by atoms with Crippen LogP contribution in [0.3, 0.4) is 0 Å². The van der Waals surface area contributed by atoms with Gasteiger partial charge in [0.2, 0.25) is 16.9 Å². The van der Waals surface area contributed by atoms with Crippen molar-refractivity contribution in [1.82, 2.24) is 20.0 Å². The molecule has 8 heteroatoms. The van der Waals surface area contributed by atoms with Crippen molar-refractivity contribution in [2.24, 2.45) is 5.92 Å². The molecule has 1 unspecified atom stereocenters. The third-order valence-corrected chi connectivity index (χ3v) is 5.38. The van der Waals surface area contributed by atoms with Crippen LogP contribution in [-0.2, 0) is 16.0 Å². The van der Waals surface area contributed by atoms with Gasteiger partial charge in [0, 0.05) is 25.4 Å². The Morgan fingerprint density at radius 2 is 2.04 bits per heavy atom. The van der Waals surface area contributed by atoms with E-state index in [-0.39, 0.29) is 23.8 Å². The van der Waals surface area contributed by atoms with Gasteiger partial charge < -0.3 is 9.80 Å². The number of aromatic nitrogens is 2. The molecule has 1 aromatic rings. The lowest BCUT2D eigenvalue weighted by atomic mass is 10.0. The number of carbonyl (C=O) groups is 2. The van der Waals surface area contributed by atoms with Crippen LogP contribution in [0.2, 0.25) is 0 Å². The number of hydrogen-bond acceptors (Lipinski definition) is 6. The van der Waals surface area contributed by atoms with Gasteiger partial charge in [-0.1, -0.05) is 11.3 Å². The zero-order valence-corrected chi connectivity index (χ0v) is 15.1. The van der Waals surface area contributed by atoms with Gasteiger partial charge in [-0.3, -0.25) is 14.9 Å². The van der Waals surface area contributed by atoms with Gasteiger partial charge in [0.1, 0.15) is 11.0 Å². The van der Waals surface area contributed by atoms with Crippen LogP contribution in [-0.4, -0.2) is 65.0 Å². The van der Waals surface area contributed by atoms with Gasteiger partial charge in [0.05, 0.1) is 0 Å². The molecule has 0 radical (unpaired) electrons. The fourth-order valence-electron chi connectivity index (χ4n) is 2.95. The van der Waals surface area contributed by atoms with E-state index in [1.807, 2.05) is 14.1 Å². The Hall–Kier alpha value is -1.54. The zero-order valence-electron chi connectivity index (χ0n) is 14.3. The molecule has 1 atom stereocenters. The van der Waals surface area contributed by atoms with Crippen molar-refractivity contribution in [3.8, 4) is 0 Å². The summed E-state index contributed by atoms with van der Waals surface area (Å²) in [6.07, 6.45) is 5.45. The molecule has 7 nitrogen and oxygen atoms in total. The summed E-state index contributed by atoms with van der Waals surface area (Å²) in [4.78, 5) is 28.9. The maximum atomic E-state index is 12.6. The number of nitrogens with zero attached hydrogens (tertiary/aromatic N) is 4. The predicted molar refractivity (Wildman–Crippen MR) is 92.9 cm³/mol. The first kappa shape index (κ1) is 17.3. The summed E-state index contributed by atoms with van der Waals surface area (Å²) >= 11 is 1.41. The largest absolute Gasteiger partial charge is 0.330 e. The average molecular weight is 351 g/mol. The fourth-order valence-corrected chi connectivity index (χ4v) is 3.68. The fraction of sp³-hybridized carbons (Fsp3) is 0.750. The van der Waals surface area contributed by atoms with E-state index in [2.05, 4.69) is 20.4 Å². The molecule has 0 spiro atoms. The second-order valence-corrected chi connectivity index (χ2v) is 7.92. The second-order valence-electron chi connectivity index (χ2n) is 6.86. The van der Waals surface area contributed by atoms with Crippen LogP contribution in [0.25, 0.3) is 0 Å². The number of hydrogen-bond donors (Lipinski definition) is 1. The molecule has 1 N–H and O–H groups in total. The molecule has 1 aliphatic carbocycles. The molecule has 24 heavy (non-hydrogen) atoms. The quantitative estimate of drug-likeness (QED) is 0.837. The van der Waals surface area contributed by atoms with Crippen molar-refractivity contribution in [3.05, 3.63) is 5.01 Å². The van der Waals surface area contributed by atoms with Gasteiger partial charge in [0.15, 0.2) is 0 Å². The molecule has 2 amide bonds. The molecule has 0 aromatic carbocycles. The monoisotopic (exact) mass is 351 g/mol. The number of likely N-dealkylation sites (tertiary alicyclic amines) is 1. The molecule has 1 saturated heterocycles. The lowest BCUT2D eigenvalue weighted by Crippen LogP contribution is -2.50. The van der Waals surface area contributed by atoms with Crippen molar-refractivity contribution in [1.29, 1.82) is 0 Å². The minimum absolute atomic E-state index is 0.126. The van der Waals surface area contributed by atoms with Crippen molar-refractivity contribution in [2.75, 3.05) is 32.5 Å². The Bertz CT molecular complexity index is 599. The summed E-state index contributed by atoms with van der Waals surface area (Å²) in [6, 6.07) is -0.360. The molecule has 2 heterocycles. The van der Waals surface area contributed by atoms with Gasteiger partial charge in [-0.05, 0) is 46.2 Å². The molecule has 132 valence electrons. The third-order valence-electron chi connectivity index (χ3n) is 4.48. The maximum absolute atomic E-state index is 12.6. The summed E-state index contributed by atoms with van der Waals surface area (Å²) in [7, 11) is 4.02. The Balaban J connectivity index is 1.59. The van der Waals surface area contributed by atoms with E-state index in [9.17, 15) is 9.59 Å². The number of rotatable bonds is 6. The van der Waals surface area contributed by atoms with Gasteiger partial charge >= 0.3 is 0 Å².